The summed E-state index contributed by atoms with van der Waals surface area (Å²) in [6.07, 6.45) is 5.58. The highest BCUT2D eigenvalue weighted by Gasteiger charge is 2.19. The van der Waals surface area contributed by atoms with Crippen LogP contribution in [0.15, 0.2) is 48.5 Å². The maximum atomic E-state index is 10.6. The number of hydrogen-bond donors (Lipinski definition) is 1. The fourth-order valence-corrected chi connectivity index (χ4v) is 4.88. The Morgan fingerprint density at radius 3 is 2.63 bits per heavy atom. The molecule has 1 fully saturated rings. The summed E-state index contributed by atoms with van der Waals surface area (Å²) in [4.78, 5) is 17.7. The molecule has 0 bridgehead atoms. The summed E-state index contributed by atoms with van der Waals surface area (Å²) in [5.74, 6) is 0.837. The van der Waals surface area contributed by atoms with Gasteiger partial charge in [-0.05, 0) is 80.9 Å². The second kappa shape index (κ2) is 10.0. The molecule has 0 amide bonds. The summed E-state index contributed by atoms with van der Waals surface area (Å²) in [6, 6.07) is 16.4. The predicted octanol–water partition coefficient (Wildman–Crippen LogP) is 5.60. The van der Waals surface area contributed by atoms with Gasteiger partial charge in [0.2, 0.25) is 0 Å². The van der Waals surface area contributed by atoms with E-state index in [4.69, 9.17) is 9.84 Å². The van der Waals surface area contributed by atoms with Crippen LogP contribution in [0.25, 0.3) is 10.2 Å². The van der Waals surface area contributed by atoms with Gasteiger partial charge in [-0.2, -0.15) is 0 Å². The fraction of sp³-hybridized carbons (Fsp3) is 0.417. The molecule has 1 aromatic heterocycles. The van der Waals surface area contributed by atoms with Crippen LogP contribution in [0.3, 0.4) is 0 Å². The van der Waals surface area contributed by atoms with Crippen LogP contribution in [0.5, 0.6) is 10.9 Å². The number of hydrogen-bond acceptors (Lipinski definition) is 5. The minimum absolute atomic E-state index is 0.304. The molecule has 0 spiro atoms. The number of carboxylic acid groups (broad SMARTS) is 1. The first kappa shape index (κ1) is 20.8. The highest BCUT2D eigenvalue weighted by atomic mass is 32.1. The van der Waals surface area contributed by atoms with Crippen LogP contribution in [0.2, 0.25) is 0 Å². The van der Waals surface area contributed by atoms with Crippen molar-refractivity contribution in [3.05, 3.63) is 54.1 Å². The number of carbonyl (C=O) groups is 1. The number of likely N-dealkylation sites (tertiary alicyclic amines) is 1. The van der Waals surface area contributed by atoms with Crippen molar-refractivity contribution >= 4 is 27.5 Å². The Morgan fingerprint density at radius 1 is 1.13 bits per heavy atom. The number of nitrogens with zero attached hydrogens (tertiary/aromatic N) is 2. The molecule has 0 aliphatic carbocycles. The molecular weight excluding hydrogens is 396 g/mol. The molecule has 30 heavy (non-hydrogen) atoms. The first-order chi connectivity index (χ1) is 14.7. The van der Waals surface area contributed by atoms with Crippen LogP contribution in [0, 0.1) is 5.92 Å². The number of aliphatic carboxylic acids is 1. The van der Waals surface area contributed by atoms with Gasteiger partial charge in [-0.25, -0.2) is 4.98 Å². The third-order valence-electron chi connectivity index (χ3n) is 5.83. The molecule has 1 N–H and O–H groups in total. The normalized spacial score (nSPS) is 15.5. The molecule has 0 atom stereocenters. The smallest absolute Gasteiger partial charge is 0.303 e. The van der Waals surface area contributed by atoms with Crippen LogP contribution in [-0.2, 0) is 11.2 Å². The Balaban J connectivity index is 1.20. The zero-order valence-corrected chi connectivity index (χ0v) is 17.9. The summed E-state index contributed by atoms with van der Waals surface area (Å²) >= 11 is 1.56. The second-order valence-corrected chi connectivity index (χ2v) is 9.01. The Labute approximate surface area is 181 Å². The van der Waals surface area contributed by atoms with Crippen LogP contribution in [0.4, 0.5) is 0 Å². The van der Waals surface area contributed by atoms with E-state index in [1.807, 2.05) is 30.3 Å². The molecule has 2 heterocycles. The standard InChI is InChI=1S/C24H28N2O3S/c27-23(28)7-3-4-18-12-15-26(16-13-18)17-14-19-8-10-20(11-9-19)29-24-25-21-5-1-2-6-22(21)30-24/h1-2,5-6,8-11,18H,3-4,7,12-17H2,(H,27,28). The zero-order chi connectivity index (χ0) is 20.8. The van der Waals surface area contributed by atoms with Gasteiger partial charge in [0.1, 0.15) is 5.75 Å². The molecule has 0 saturated carbocycles. The van der Waals surface area contributed by atoms with Gasteiger partial charge in [0.25, 0.3) is 5.19 Å². The van der Waals surface area contributed by atoms with E-state index in [1.165, 1.54) is 18.4 Å². The third kappa shape index (κ3) is 5.80. The third-order valence-corrected chi connectivity index (χ3v) is 6.74. The van der Waals surface area contributed by atoms with E-state index >= 15 is 0 Å². The average Bonchev–Trinajstić information content (AvgIpc) is 3.16. The van der Waals surface area contributed by atoms with Crippen molar-refractivity contribution in [1.82, 2.24) is 9.88 Å². The quantitative estimate of drug-likeness (QED) is 0.484. The Morgan fingerprint density at radius 2 is 1.90 bits per heavy atom. The van der Waals surface area contributed by atoms with Gasteiger partial charge in [0.05, 0.1) is 10.2 Å². The number of piperidine rings is 1. The van der Waals surface area contributed by atoms with E-state index in [9.17, 15) is 4.79 Å². The van der Waals surface area contributed by atoms with Gasteiger partial charge in [0.15, 0.2) is 0 Å². The number of benzene rings is 2. The van der Waals surface area contributed by atoms with Gasteiger partial charge in [-0.15, -0.1) is 0 Å². The largest absolute Gasteiger partial charge is 0.481 e. The molecule has 5 nitrogen and oxygen atoms in total. The number of aromatic nitrogens is 1. The Bertz CT molecular complexity index is 929. The molecule has 0 unspecified atom stereocenters. The molecule has 2 aromatic carbocycles. The Hall–Kier alpha value is -2.44. The van der Waals surface area contributed by atoms with Crippen LogP contribution in [-0.4, -0.2) is 40.6 Å². The number of fused-ring (bicyclic) bond motifs is 1. The highest BCUT2D eigenvalue weighted by molar-refractivity contribution is 7.20. The molecule has 0 radical (unpaired) electrons. The molecule has 1 saturated heterocycles. The highest BCUT2D eigenvalue weighted by Crippen LogP contribution is 2.31. The lowest BCUT2D eigenvalue weighted by atomic mass is 9.91. The molecule has 1 aliphatic rings. The first-order valence-electron chi connectivity index (χ1n) is 10.7. The van der Waals surface area contributed by atoms with Gasteiger partial charge in [-0.1, -0.05) is 35.6 Å². The maximum Gasteiger partial charge on any atom is 0.303 e. The topological polar surface area (TPSA) is 62.7 Å². The SMILES string of the molecule is O=C(O)CCCC1CCN(CCc2ccc(Oc3nc4ccccc4s3)cc2)CC1. The fourth-order valence-electron chi connectivity index (χ4n) is 4.05. The molecule has 1 aliphatic heterocycles. The monoisotopic (exact) mass is 424 g/mol. The lowest BCUT2D eigenvalue weighted by Gasteiger charge is -2.32. The lowest BCUT2D eigenvalue weighted by Crippen LogP contribution is -2.35. The van der Waals surface area contributed by atoms with E-state index in [2.05, 4.69) is 28.1 Å². The number of thiazole rings is 1. The van der Waals surface area contributed by atoms with Crippen LogP contribution in [0.1, 0.15) is 37.7 Å². The van der Waals surface area contributed by atoms with Crippen molar-refractivity contribution in [2.24, 2.45) is 5.92 Å². The van der Waals surface area contributed by atoms with Gasteiger partial charge < -0.3 is 14.7 Å². The summed E-state index contributed by atoms with van der Waals surface area (Å²) < 4.78 is 7.07. The minimum Gasteiger partial charge on any atom is -0.481 e. The van der Waals surface area contributed by atoms with Crippen molar-refractivity contribution in [2.75, 3.05) is 19.6 Å². The van der Waals surface area contributed by atoms with Gasteiger partial charge in [-0.3, -0.25) is 4.79 Å². The van der Waals surface area contributed by atoms with Crippen LogP contribution >= 0.6 is 11.3 Å². The number of ether oxygens (including phenoxy) is 1. The average molecular weight is 425 g/mol. The van der Waals surface area contributed by atoms with Gasteiger partial charge >= 0.3 is 5.97 Å². The van der Waals surface area contributed by atoms with Crippen molar-refractivity contribution < 1.29 is 14.6 Å². The molecule has 3 aromatic rings. The summed E-state index contributed by atoms with van der Waals surface area (Å²) in [5, 5.41) is 9.44. The number of carboxylic acids is 1. The Kier molecular flexibility index (Phi) is 6.97. The van der Waals surface area contributed by atoms with E-state index in [1.54, 1.807) is 11.3 Å². The molecule has 4 rings (SSSR count). The van der Waals surface area contributed by atoms with Crippen molar-refractivity contribution in [3.8, 4) is 10.9 Å². The van der Waals surface area contributed by atoms with Crippen molar-refractivity contribution in [1.29, 1.82) is 0 Å². The number of para-hydroxylation sites is 1. The molecular formula is C24H28N2O3S. The van der Waals surface area contributed by atoms with E-state index < -0.39 is 5.97 Å². The van der Waals surface area contributed by atoms with Crippen molar-refractivity contribution in [2.45, 2.75) is 38.5 Å². The van der Waals surface area contributed by atoms with Crippen molar-refractivity contribution in [3.63, 3.8) is 0 Å². The molecule has 158 valence electrons. The molecule has 6 heteroatoms. The zero-order valence-electron chi connectivity index (χ0n) is 17.1. The van der Waals surface area contributed by atoms with E-state index in [-0.39, 0.29) is 0 Å². The van der Waals surface area contributed by atoms with Crippen LogP contribution < -0.4 is 4.74 Å². The summed E-state index contributed by atoms with van der Waals surface area (Å²) in [5.41, 5.74) is 2.29. The van der Waals surface area contributed by atoms with Gasteiger partial charge in [0, 0.05) is 13.0 Å². The minimum atomic E-state index is -0.677. The number of rotatable bonds is 9. The summed E-state index contributed by atoms with van der Waals surface area (Å²) in [7, 11) is 0. The predicted molar refractivity (Wildman–Crippen MR) is 120 cm³/mol. The van der Waals surface area contributed by atoms with E-state index in [0.717, 1.165) is 54.9 Å². The summed E-state index contributed by atoms with van der Waals surface area (Å²) in [6.45, 7) is 3.31. The second-order valence-electron chi connectivity index (χ2n) is 8.01. The lowest BCUT2D eigenvalue weighted by molar-refractivity contribution is -0.137. The first-order valence-corrected chi connectivity index (χ1v) is 11.5. The van der Waals surface area contributed by atoms with E-state index in [0.29, 0.717) is 17.5 Å². The maximum absolute atomic E-state index is 10.6.